The molecule has 0 saturated carbocycles. The van der Waals surface area contributed by atoms with Gasteiger partial charge >= 0.3 is 11.9 Å². The molecule has 0 aromatic carbocycles. The number of esters is 2. The fourth-order valence-electron chi connectivity index (χ4n) is 2.74. The smallest absolute Gasteiger partial charge is 0.325 e. The zero-order chi connectivity index (χ0) is 15.7. The molecule has 0 aromatic rings. The fraction of sp³-hybridized carbons (Fsp3) is 0.647. The molecule has 0 amide bonds. The van der Waals surface area contributed by atoms with Gasteiger partial charge in [-0.15, -0.1) is 12.3 Å². The molecular formula is C17H24O4. The van der Waals surface area contributed by atoms with E-state index in [4.69, 9.17) is 15.9 Å². The molecule has 0 radical (unpaired) electrons. The average Bonchev–Trinajstić information content (AvgIpc) is 2.74. The van der Waals surface area contributed by atoms with E-state index < -0.39 is 17.4 Å². The van der Waals surface area contributed by atoms with E-state index in [1.165, 1.54) is 0 Å². The molecular weight excluding hydrogens is 268 g/mol. The van der Waals surface area contributed by atoms with Crippen molar-refractivity contribution >= 4 is 11.9 Å². The van der Waals surface area contributed by atoms with Gasteiger partial charge in [0, 0.05) is 12.3 Å². The van der Waals surface area contributed by atoms with Crippen molar-refractivity contribution in [3.05, 3.63) is 12.2 Å². The van der Waals surface area contributed by atoms with Gasteiger partial charge in [0.2, 0.25) is 0 Å². The van der Waals surface area contributed by atoms with Gasteiger partial charge in [-0.3, -0.25) is 9.59 Å². The Morgan fingerprint density at radius 1 is 1.24 bits per heavy atom. The number of hydrogen-bond donors (Lipinski definition) is 0. The zero-order valence-corrected chi connectivity index (χ0v) is 12.9. The van der Waals surface area contributed by atoms with Gasteiger partial charge in [0.25, 0.3) is 0 Å². The lowest BCUT2D eigenvalue weighted by Crippen LogP contribution is -2.47. The number of terminal acetylenes is 1. The number of carbonyl (C=O) groups is 2. The van der Waals surface area contributed by atoms with Crippen LogP contribution in [0.3, 0.4) is 0 Å². The molecule has 0 saturated heterocycles. The quantitative estimate of drug-likeness (QED) is 0.327. The highest BCUT2D eigenvalue weighted by atomic mass is 16.6. The van der Waals surface area contributed by atoms with E-state index in [1.54, 1.807) is 13.8 Å². The second-order valence-electron chi connectivity index (χ2n) is 5.11. The lowest BCUT2D eigenvalue weighted by Gasteiger charge is -2.33. The Kier molecular flexibility index (Phi) is 7.01. The Bertz CT molecular complexity index is 413. The van der Waals surface area contributed by atoms with Gasteiger partial charge in [0.05, 0.1) is 13.2 Å². The van der Waals surface area contributed by atoms with Crippen molar-refractivity contribution in [2.75, 3.05) is 13.2 Å². The van der Waals surface area contributed by atoms with Crippen molar-refractivity contribution in [2.24, 2.45) is 11.3 Å². The number of allylic oxidation sites excluding steroid dienone is 2. The highest BCUT2D eigenvalue weighted by molar-refractivity contribution is 6.01. The largest absolute Gasteiger partial charge is 0.465 e. The summed E-state index contributed by atoms with van der Waals surface area (Å²) in [7, 11) is 0. The Morgan fingerprint density at radius 2 is 1.86 bits per heavy atom. The van der Waals surface area contributed by atoms with Gasteiger partial charge in [-0.1, -0.05) is 18.6 Å². The molecule has 0 spiro atoms. The predicted octanol–water partition coefficient (Wildman–Crippen LogP) is 2.87. The Morgan fingerprint density at radius 3 is 2.38 bits per heavy atom. The van der Waals surface area contributed by atoms with Crippen molar-refractivity contribution < 1.29 is 19.1 Å². The molecule has 0 aliphatic heterocycles. The summed E-state index contributed by atoms with van der Waals surface area (Å²) in [5.41, 5.74) is -1.42. The summed E-state index contributed by atoms with van der Waals surface area (Å²) in [6, 6.07) is 0. The van der Waals surface area contributed by atoms with Gasteiger partial charge in [-0.05, 0) is 33.1 Å². The normalized spacial score (nSPS) is 18.4. The molecule has 1 rings (SSSR count). The van der Waals surface area contributed by atoms with Gasteiger partial charge in [-0.25, -0.2) is 0 Å². The van der Waals surface area contributed by atoms with E-state index >= 15 is 0 Å². The molecule has 116 valence electrons. The predicted molar refractivity (Wildman–Crippen MR) is 80.2 cm³/mol. The molecule has 4 heteroatoms. The summed E-state index contributed by atoms with van der Waals surface area (Å²) < 4.78 is 10.3. The molecule has 1 aliphatic rings. The standard InChI is InChI=1S/C17H24O4/c1-4-13-17(15(18)20-5-2,16(19)21-6-3)14-11-9-7-8-10-12-14/h1,9,11,14H,5-8,10,12-13H2,2-3H3. The van der Waals surface area contributed by atoms with Gasteiger partial charge < -0.3 is 9.47 Å². The van der Waals surface area contributed by atoms with Crippen LogP contribution in [0.15, 0.2) is 12.2 Å². The molecule has 4 nitrogen and oxygen atoms in total. The van der Waals surface area contributed by atoms with Crippen molar-refractivity contribution in [2.45, 2.75) is 46.0 Å². The van der Waals surface area contributed by atoms with Crippen molar-refractivity contribution in [1.82, 2.24) is 0 Å². The first-order valence-corrected chi connectivity index (χ1v) is 7.58. The number of carbonyl (C=O) groups excluding carboxylic acids is 2. The second kappa shape index (κ2) is 8.51. The third-order valence-electron chi connectivity index (χ3n) is 3.80. The van der Waals surface area contributed by atoms with Crippen molar-refractivity contribution in [3.63, 3.8) is 0 Å². The molecule has 1 atom stereocenters. The lowest BCUT2D eigenvalue weighted by atomic mass is 9.71. The number of hydrogen-bond acceptors (Lipinski definition) is 4. The van der Waals surface area contributed by atoms with Gasteiger partial charge in [0.1, 0.15) is 0 Å². The molecule has 0 fully saturated rings. The fourth-order valence-corrected chi connectivity index (χ4v) is 2.74. The summed E-state index contributed by atoms with van der Waals surface area (Å²) in [4.78, 5) is 25.1. The Labute approximate surface area is 126 Å². The van der Waals surface area contributed by atoms with Crippen LogP contribution in [0.1, 0.15) is 46.0 Å². The SMILES string of the molecule is C#CCC(C(=O)OCC)(C(=O)OCC)C1C=CCCCC1. The summed E-state index contributed by atoms with van der Waals surface area (Å²) in [6.45, 7) is 3.85. The third kappa shape index (κ3) is 3.87. The maximum Gasteiger partial charge on any atom is 0.325 e. The zero-order valence-electron chi connectivity index (χ0n) is 12.9. The van der Waals surface area contributed by atoms with E-state index in [1.807, 2.05) is 12.2 Å². The van der Waals surface area contributed by atoms with Crippen molar-refractivity contribution in [3.8, 4) is 12.3 Å². The summed E-state index contributed by atoms with van der Waals surface area (Å²) in [5, 5.41) is 0. The Hall–Kier alpha value is -1.76. The van der Waals surface area contributed by atoms with E-state index in [0.717, 1.165) is 25.7 Å². The third-order valence-corrected chi connectivity index (χ3v) is 3.80. The average molecular weight is 292 g/mol. The monoisotopic (exact) mass is 292 g/mol. The summed E-state index contributed by atoms with van der Waals surface area (Å²) >= 11 is 0. The van der Waals surface area contributed by atoms with Crippen LogP contribution >= 0.6 is 0 Å². The van der Waals surface area contributed by atoms with Gasteiger partial charge in [-0.2, -0.15) is 0 Å². The van der Waals surface area contributed by atoms with E-state index in [2.05, 4.69) is 5.92 Å². The molecule has 1 unspecified atom stereocenters. The highest BCUT2D eigenvalue weighted by Crippen LogP contribution is 2.40. The number of rotatable bonds is 6. The molecule has 0 heterocycles. The summed E-state index contributed by atoms with van der Waals surface area (Å²) in [5.74, 6) is 1.06. The van der Waals surface area contributed by atoms with Crippen LogP contribution in [0.5, 0.6) is 0 Å². The van der Waals surface area contributed by atoms with Gasteiger partial charge in [0.15, 0.2) is 5.41 Å². The minimum absolute atomic E-state index is 0.000324. The van der Waals surface area contributed by atoms with E-state index in [0.29, 0.717) is 0 Å². The summed E-state index contributed by atoms with van der Waals surface area (Å²) in [6.07, 6.45) is 13.1. The van der Waals surface area contributed by atoms with Crippen LogP contribution in [0.25, 0.3) is 0 Å². The maximum absolute atomic E-state index is 12.5. The maximum atomic E-state index is 12.5. The second-order valence-corrected chi connectivity index (χ2v) is 5.11. The Balaban J connectivity index is 3.24. The molecule has 21 heavy (non-hydrogen) atoms. The first kappa shape index (κ1) is 17.3. The molecule has 1 aliphatic carbocycles. The minimum Gasteiger partial charge on any atom is -0.465 e. The van der Waals surface area contributed by atoms with Crippen LogP contribution < -0.4 is 0 Å². The lowest BCUT2D eigenvalue weighted by molar-refractivity contribution is -0.175. The van der Waals surface area contributed by atoms with E-state index in [9.17, 15) is 9.59 Å². The van der Waals surface area contributed by atoms with Crippen LogP contribution in [0.2, 0.25) is 0 Å². The number of ether oxygens (including phenoxy) is 2. The first-order valence-electron chi connectivity index (χ1n) is 7.58. The first-order chi connectivity index (χ1) is 10.1. The molecule has 0 aromatic heterocycles. The van der Waals surface area contributed by atoms with Crippen LogP contribution in [0, 0.1) is 23.7 Å². The topological polar surface area (TPSA) is 52.6 Å². The molecule has 0 bridgehead atoms. The van der Waals surface area contributed by atoms with Crippen LogP contribution in [-0.4, -0.2) is 25.2 Å². The van der Waals surface area contributed by atoms with E-state index in [-0.39, 0.29) is 25.6 Å². The minimum atomic E-state index is -1.42. The van der Waals surface area contributed by atoms with Crippen LogP contribution in [-0.2, 0) is 19.1 Å². The molecule has 0 N–H and O–H groups in total. The van der Waals surface area contributed by atoms with Crippen molar-refractivity contribution in [1.29, 1.82) is 0 Å². The van der Waals surface area contributed by atoms with Crippen LogP contribution in [0.4, 0.5) is 0 Å². The highest BCUT2D eigenvalue weighted by Gasteiger charge is 2.53.